The van der Waals surface area contributed by atoms with E-state index in [1.165, 1.54) is 0 Å². The zero-order chi connectivity index (χ0) is 24.1. The second kappa shape index (κ2) is 14.2. The van der Waals surface area contributed by atoms with Crippen LogP contribution in [-0.4, -0.2) is 58.2 Å². The van der Waals surface area contributed by atoms with Gasteiger partial charge in [0.05, 0.1) is 39.6 Å². The Labute approximate surface area is 207 Å². The van der Waals surface area contributed by atoms with Gasteiger partial charge < -0.3 is 28.4 Å². The average molecular weight is 485 g/mol. The highest BCUT2D eigenvalue weighted by atomic mass is 16.7. The average Bonchev–Trinajstić information content (AvgIpc) is 3.59. The molecule has 2 fully saturated rings. The zero-order valence-corrected chi connectivity index (χ0v) is 20.3. The van der Waals surface area contributed by atoms with Gasteiger partial charge in [0.2, 0.25) is 0 Å². The summed E-state index contributed by atoms with van der Waals surface area (Å²) in [5.41, 5.74) is 1.76. The van der Waals surface area contributed by atoms with E-state index >= 15 is 0 Å². The summed E-state index contributed by atoms with van der Waals surface area (Å²) < 4.78 is 33.5. The van der Waals surface area contributed by atoms with Crippen molar-refractivity contribution in [3.63, 3.8) is 0 Å². The van der Waals surface area contributed by atoms with Gasteiger partial charge in [0, 0.05) is 0 Å². The van der Waals surface area contributed by atoms with Crippen molar-refractivity contribution in [1.82, 2.24) is 0 Å². The van der Waals surface area contributed by atoms with Crippen LogP contribution in [0.4, 0.5) is 0 Å². The normalized spacial score (nSPS) is 17.5. The van der Waals surface area contributed by atoms with Crippen LogP contribution in [0.3, 0.4) is 0 Å². The molecule has 0 spiro atoms. The first-order valence-corrected chi connectivity index (χ1v) is 12.7. The maximum Gasteiger partial charge on any atom is 0.317 e. The summed E-state index contributed by atoms with van der Waals surface area (Å²) in [5, 5.41) is 0. The summed E-state index contributed by atoms with van der Waals surface area (Å²) in [6, 6.07) is 17.5. The van der Waals surface area contributed by atoms with Crippen molar-refractivity contribution >= 4 is 5.97 Å². The van der Waals surface area contributed by atoms with E-state index in [0.717, 1.165) is 55.4 Å². The summed E-state index contributed by atoms with van der Waals surface area (Å²) >= 11 is 0. The lowest BCUT2D eigenvalue weighted by Crippen LogP contribution is -2.18. The van der Waals surface area contributed by atoms with Crippen molar-refractivity contribution in [2.24, 2.45) is 0 Å². The van der Waals surface area contributed by atoms with E-state index in [1.807, 2.05) is 54.6 Å². The van der Waals surface area contributed by atoms with Crippen LogP contribution in [0.5, 0.6) is 5.75 Å². The smallest absolute Gasteiger partial charge is 0.317 e. The van der Waals surface area contributed by atoms with E-state index < -0.39 is 5.92 Å². The van der Waals surface area contributed by atoms with Gasteiger partial charge in [-0.3, -0.25) is 4.79 Å². The van der Waals surface area contributed by atoms with Gasteiger partial charge in [-0.15, -0.1) is 0 Å². The quantitative estimate of drug-likeness (QED) is 0.281. The number of hydrogen-bond donors (Lipinski definition) is 0. The number of benzene rings is 2. The number of unbranched alkanes of at least 4 members (excludes halogenated alkanes) is 2. The van der Waals surface area contributed by atoms with E-state index in [0.29, 0.717) is 39.6 Å². The summed E-state index contributed by atoms with van der Waals surface area (Å²) in [7, 11) is 0. The minimum Gasteiger partial charge on any atom is -0.494 e. The summed E-state index contributed by atoms with van der Waals surface area (Å²) in [6.07, 6.45) is 5.06. The highest BCUT2D eigenvalue weighted by molar-refractivity contribution is 5.82. The van der Waals surface area contributed by atoms with Crippen LogP contribution in [0.1, 0.15) is 55.6 Å². The molecule has 4 rings (SSSR count). The first-order valence-electron chi connectivity index (χ1n) is 12.7. The molecular weight excluding hydrogens is 448 g/mol. The second-order valence-electron chi connectivity index (χ2n) is 8.77. The summed E-state index contributed by atoms with van der Waals surface area (Å²) in [6.45, 7) is 3.66. The Bertz CT molecular complexity index is 876. The van der Waals surface area contributed by atoms with Crippen molar-refractivity contribution < 1.29 is 33.2 Å². The summed E-state index contributed by atoms with van der Waals surface area (Å²) in [5.74, 6) is -0.00245. The Kier molecular flexibility index (Phi) is 10.4. The zero-order valence-electron chi connectivity index (χ0n) is 20.3. The number of ether oxygens (including phenoxy) is 6. The summed E-state index contributed by atoms with van der Waals surface area (Å²) in [4.78, 5) is 13.2. The predicted molar refractivity (Wildman–Crippen MR) is 130 cm³/mol. The molecule has 2 aliphatic heterocycles. The molecule has 2 aromatic rings. The van der Waals surface area contributed by atoms with Crippen molar-refractivity contribution in [1.29, 1.82) is 0 Å². The van der Waals surface area contributed by atoms with Gasteiger partial charge in [0.15, 0.2) is 12.6 Å². The molecule has 1 unspecified atom stereocenters. The molecular formula is C28H36O7. The minimum atomic E-state index is -0.502. The van der Waals surface area contributed by atoms with Gasteiger partial charge in [-0.1, -0.05) is 42.5 Å². The molecule has 0 saturated carbocycles. The largest absolute Gasteiger partial charge is 0.494 e. The molecule has 7 nitrogen and oxygen atoms in total. The molecule has 2 heterocycles. The van der Waals surface area contributed by atoms with E-state index in [9.17, 15) is 4.79 Å². The molecule has 7 heteroatoms. The Morgan fingerprint density at radius 1 is 0.743 bits per heavy atom. The molecule has 0 bridgehead atoms. The maximum absolute atomic E-state index is 13.2. The van der Waals surface area contributed by atoms with Crippen LogP contribution in [0.25, 0.3) is 0 Å². The SMILES string of the molecule is O=C(OCCCCC1OCCO1)C(c1ccccc1)c1cccc(OCCCCC2OCCO2)c1. The molecule has 0 aliphatic carbocycles. The standard InChI is InChI=1S/C28H36O7/c29-28(35-16-7-5-14-26-33-19-20-34-26)27(22-9-2-1-3-10-22)23-11-8-12-24(21-23)30-15-6-4-13-25-31-17-18-32-25/h1-3,8-12,21,25-27H,4-7,13-20H2. The number of hydrogen-bond acceptors (Lipinski definition) is 7. The van der Waals surface area contributed by atoms with Gasteiger partial charge >= 0.3 is 5.97 Å². The molecule has 0 aromatic heterocycles. The van der Waals surface area contributed by atoms with Gasteiger partial charge in [-0.25, -0.2) is 0 Å². The van der Waals surface area contributed by atoms with Crippen LogP contribution in [-0.2, 0) is 28.5 Å². The Balaban J connectivity index is 1.28. The molecule has 0 amide bonds. The Morgan fingerprint density at radius 3 is 2.00 bits per heavy atom. The van der Waals surface area contributed by atoms with E-state index in [1.54, 1.807) is 0 Å². The van der Waals surface area contributed by atoms with Crippen molar-refractivity contribution in [2.45, 2.75) is 57.0 Å². The third kappa shape index (κ3) is 8.32. The molecule has 0 N–H and O–H groups in total. The van der Waals surface area contributed by atoms with Crippen LogP contribution in [0, 0.1) is 0 Å². The minimum absolute atomic E-state index is 0.0691. The Morgan fingerprint density at radius 2 is 1.34 bits per heavy atom. The molecule has 2 saturated heterocycles. The van der Waals surface area contributed by atoms with E-state index in [2.05, 4.69) is 0 Å². The van der Waals surface area contributed by atoms with Crippen molar-refractivity contribution in [3.8, 4) is 5.75 Å². The molecule has 35 heavy (non-hydrogen) atoms. The number of rotatable bonds is 14. The Hall–Kier alpha value is -2.45. The van der Waals surface area contributed by atoms with Gasteiger partial charge in [-0.05, 0) is 61.8 Å². The van der Waals surface area contributed by atoms with Gasteiger partial charge in [0.1, 0.15) is 11.7 Å². The van der Waals surface area contributed by atoms with Crippen LogP contribution in [0.15, 0.2) is 54.6 Å². The van der Waals surface area contributed by atoms with Crippen molar-refractivity contribution in [2.75, 3.05) is 39.6 Å². The number of carbonyl (C=O) groups is 1. The third-order valence-corrected chi connectivity index (χ3v) is 6.12. The first-order chi connectivity index (χ1) is 17.3. The van der Waals surface area contributed by atoms with Gasteiger partial charge in [0.25, 0.3) is 0 Å². The van der Waals surface area contributed by atoms with Crippen LogP contribution < -0.4 is 4.74 Å². The second-order valence-corrected chi connectivity index (χ2v) is 8.77. The number of carbonyl (C=O) groups excluding carboxylic acids is 1. The highest BCUT2D eigenvalue weighted by Gasteiger charge is 2.25. The predicted octanol–water partition coefficient (Wildman–Crippen LogP) is 4.83. The molecule has 2 aromatic carbocycles. The topological polar surface area (TPSA) is 72.5 Å². The van der Waals surface area contributed by atoms with E-state index in [4.69, 9.17) is 28.4 Å². The monoisotopic (exact) mass is 484 g/mol. The fraction of sp³-hybridized carbons (Fsp3) is 0.536. The lowest BCUT2D eigenvalue weighted by atomic mass is 9.91. The van der Waals surface area contributed by atoms with Crippen LogP contribution >= 0.6 is 0 Å². The lowest BCUT2D eigenvalue weighted by Gasteiger charge is -2.18. The fourth-order valence-corrected chi connectivity index (χ4v) is 4.31. The molecule has 2 aliphatic rings. The molecule has 0 radical (unpaired) electrons. The number of esters is 1. The molecule has 1 atom stereocenters. The van der Waals surface area contributed by atoms with Crippen LogP contribution in [0.2, 0.25) is 0 Å². The lowest BCUT2D eigenvalue weighted by molar-refractivity contribution is -0.144. The fourth-order valence-electron chi connectivity index (χ4n) is 4.31. The first kappa shape index (κ1) is 25.6. The maximum atomic E-state index is 13.2. The molecule has 190 valence electrons. The third-order valence-electron chi connectivity index (χ3n) is 6.12. The highest BCUT2D eigenvalue weighted by Crippen LogP contribution is 2.29. The van der Waals surface area contributed by atoms with Gasteiger partial charge in [-0.2, -0.15) is 0 Å². The van der Waals surface area contributed by atoms with Crippen molar-refractivity contribution in [3.05, 3.63) is 65.7 Å². The van der Waals surface area contributed by atoms with E-state index in [-0.39, 0.29) is 18.5 Å².